The normalized spacial score (nSPS) is 10.7. The Bertz CT molecular complexity index is 675. The summed E-state index contributed by atoms with van der Waals surface area (Å²) in [5, 5.41) is 4.55. The third-order valence-electron chi connectivity index (χ3n) is 2.91. The fourth-order valence-electron chi connectivity index (χ4n) is 1.78. The van der Waals surface area contributed by atoms with Crippen LogP contribution in [0.25, 0.3) is 0 Å². The molecule has 0 bridgehead atoms. The van der Waals surface area contributed by atoms with Gasteiger partial charge in [-0.3, -0.25) is 4.79 Å². The minimum atomic E-state index is -0.137. The van der Waals surface area contributed by atoms with Crippen molar-refractivity contribution in [2.75, 3.05) is 12.9 Å². The summed E-state index contributed by atoms with van der Waals surface area (Å²) in [6, 6.07) is 15.0. The van der Waals surface area contributed by atoms with Gasteiger partial charge in [-0.1, -0.05) is 35.9 Å². The smallest absolute Gasteiger partial charge is 0.250 e. The summed E-state index contributed by atoms with van der Waals surface area (Å²) in [6.45, 7) is 0. The van der Waals surface area contributed by atoms with Gasteiger partial charge in [0.15, 0.2) is 0 Å². The van der Waals surface area contributed by atoms with E-state index in [-0.39, 0.29) is 5.91 Å². The summed E-state index contributed by atoms with van der Waals surface area (Å²) in [5.74, 6) is 1.79. The highest BCUT2D eigenvalue weighted by Crippen LogP contribution is 2.16. The van der Waals surface area contributed by atoms with Crippen molar-refractivity contribution in [3.8, 4) is 5.75 Å². The molecule has 0 unspecified atom stereocenters. The van der Waals surface area contributed by atoms with Gasteiger partial charge in [0.1, 0.15) is 5.75 Å². The maximum absolute atomic E-state index is 11.7. The lowest BCUT2D eigenvalue weighted by molar-refractivity contribution is -0.118. The molecule has 1 N–H and O–H groups in total. The maximum Gasteiger partial charge on any atom is 0.250 e. The molecule has 2 rings (SSSR count). The minimum Gasteiger partial charge on any atom is -0.497 e. The van der Waals surface area contributed by atoms with Crippen molar-refractivity contribution in [1.29, 1.82) is 0 Å². The van der Waals surface area contributed by atoms with E-state index >= 15 is 0 Å². The molecular formula is C17H17ClN2O2S. The van der Waals surface area contributed by atoms with Crippen molar-refractivity contribution in [2.24, 2.45) is 5.10 Å². The molecule has 2 aromatic carbocycles. The zero-order valence-corrected chi connectivity index (χ0v) is 14.2. The van der Waals surface area contributed by atoms with Gasteiger partial charge in [-0.05, 0) is 35.4 Å². The molecule has 0 fully saturated rings. The molecule has 0 aromatic heterocycles. The van der Waals surface area contributed by atoms with Crippen molar-refractivity contribution >= 4 is 35.5 Å². The number of carbonyl (C=O) groups is 1. The molecule has 0 saturated heterocycles. The van der Waals surface area contributed by atoms with Gasteiger partial charge in [0.25, 0.3) is 0 Å². The summed E-state index contributed by atoms with van der Waals surface area (Å²) < 4.78 is 5.10. The van der Waals surface area contributed by atoms with E-state index in [4.69, 9.17) is 16.3 Å². The van der Waals surface area contributed by atoms with Gasteiger partial charge < -0.3 is 4.74 Å². The van der Waals surface area contributed by atoms with Gasteiger partial charge in [0.05, 0.1) is 19.1 Å². The number of halogens is 1. The van der Waals surface area contributed by atoms with Crippen LogP contribution in [0.1, 0.15) is 11.1 Å². The second-order valence-electron chi connectivity index (χ2n) is 4.69. The zero-order chi connectivity index (χ0) is 16.5. The molecule has 1 amide bonds. The number of hydrazone groups is 1. The molecule has 6 heteroatoms. The lowest BCUT2D eigenvalue weighted by Crippen LogP contribution is -2.19. The second-order valence-corrected chi connectivity index (χ2v) is 6.11. The first-order chi connectivity index (χ1) is 11.2. The summed E-state index contributed by atoms with van der Waals surface area (Å²) in [6.07, 6.45) is 1.57. The van der Waals surface area contributed by atoms with Crippen LogP contribution < -0.4 is 10.2 Å². The van der Waals surface area contributed by atoms with Crippen LogP contribution in [0.3, 0.4) is 0 Å². The van der Waals surface area contributed by atoms with Crippen LogP contribution >= 0.6 is 23.4 Å². The predicted octanol–water partition coefficient (Wildman–Crippen LogP) is 3.73. The molecule has 0 heterocycles. The Kier molecular flexibility index (Phi) is 6.97. The highest BCUT2D eigenvalue weighted by atomic mass is 35.5. The molecular weight excluding hydrogens is 332 g/mol. The van der Waals surface area contributed by atoms with Gasteiger partial charge >= 0.3 is 0 Å². The first-order valence-corrected chi connectivity index (χ1v) is 8.49. The Morgan fingerprint density at radius 3 is 2.78 bits per heavy atom. The summed E-state index contributed by atoms with van der Waals surface area (Å²) in [4.78, 5) is 11.7. The molecule has 0 aliphatic rings. The molecule has 2 aromatic rings. The number of ether oxygens (including phenoxy) is 1. The second kappa shape index (κ2) is 9.22. The van der Waals surface area contributed by atoms with Crippen LogP contribution in [-0.2, 0) is 10.5 Å². The monoisotopic (exact) mass is 348 g/mol. The molecule has 0 saturated carbocycles. The van der Waals surface area contributed by atoms with Gasteiger partial charge in [-0.25, -0.2) is 5.43 Å². The predicted molar refractivity (Wildman–Crippen MR) is 96.3 cm³/mol. The Labute approximate surface area is 144 Å². The van der Waals surface area contributed by atoms with Gasteiger partial charge in [0, 0.05) is 10.8 Å². The van der Waals surface area contributed by atoms with Crippen LogP contribution in [-0.4, -0.2) is 25.0 Å². The van der Waals surface area contributed by atoms with E-state index in [1.807, 2.05) is 36.4 Å². The molecule has 0 aliphatic carbocycles. The Morgan fingerprint density at radius 1 is 1.30 bits per heavy atom. The van der Waals surface area contributed by atoms with Crippen molar-refractivity contribution in [3.63, 3.8) is 0 Å². The molecule has 120 valence electrons. The summed E-state index contributed by atoms with van der Waals surface area (Å²) >= 11 is 7.40. The highest BCUT2D eigenvalue weighted by Gasteiger charge is 2.01. The highest BCUT2D eigenvalue weighted by molar-refractivity contribution is 7.99. The number of carbonyl (C=O) groups excluding carboxylic acids is 1. The van der Waals surface area contributed by atoms with Crippen molar-refractivity contribution in [3.05, 3.63) is 64.7 Å². The molecule has 0 radical (unpaired) electrons. The summed E-state index contributed by atoms with van der Waals surface area (Å²) in [5.41, 5.74) is 4.48. The zero-order valence-electron chi connectivity index (χ0n) is 12.7. The molecule has 0 spiro atoms. The fourth-order valence-corrected chi connectivity index (χ4v) is 2.76. The van der Waals surface area contributed by atoms with E-state index in [9.17, 15) is 4.79 Å². The largest absolute Gasteiger partial charge is 0.497 e. The van der Waals surface area contributed by atoms with E-state index in [1.54, 1.807) is 25.5 Å². The number of benzene rings is 2. The average Bonchev–Trinajstić information content (AvgIpc) is 2.55. The first kappa shape index (κ1) is 17.4. The van der Waals surface area contributed by atoms with Crippen LogP contribution in [0.4, 0.5) is 0 Å². The number of thioether (sulfide) groups is 1. The first-order valence-electron chi connectivity index (χ1n) is 6.95. The van der Waals surface area contributed by atoms with Gasteiger partial charge in [-0.15, -0.1) is 11.8 Å². The van der Waals surface area contributed by atoms with Crippen molar-refractivity contribution in [2.45, 2.75) is 5.75 Å². The maximum atomic E-state index is 11.7. The lowest BCUT2D eigenvalue weighted by Gasteiger charge is -2.03. The number of nitrogens with one attached hydrogen (secondary N) is 1. The molecule has 4 nitrogen and oxygen atoms in total. The Balaban J connectivity index is 1.70. The van der Waals surface area contributed by atoms with Gasteiger partial charge in [0.2, 0.25) is 5.91 Å². The summed E-state index contributed by atoms with van der Waals surface area (Å²) in [7, 11) is 1.64. The SMILES string of the molecule is COc1ccc(CSCC(=O)N/N=C\c2cccc(Cl)c2)cc1. The third kappa shape index (κ3) is 6.34. The molecule has 23 heavy (non-hydrogen) atoms. The van der Waals surface area contributed by atoms with Crippen LogP contribution in [0, 0.1) is 0 Å². The molecule has 0 aliphatic heterocycles. The van der Waals surface area contributed by atoms with E-state index < -0.39 is 0 Å². The van der Waals surface area contributed by atoms with E-state index in [2.05, 4.69) is 10.5 Å². The Hall–Kier alpha value is -1.98. The number of nitrogens with zero attached hydrogens (tertiary/aromatic N) is 1. The number of hydrogen-bond donors (Lipinski definition) is 1. The number of rotatable bonds is 7. The van der Waals surface area contributed by atoms with Crippen LogP contribution in [0.5, 0.6) is 5.75 Å². The van der Waals surface area contributed by atoms with Crippen molar-refractivity contribution in [1.82, 2.24) is 5.43 Å². The standard InChI is InChI=1S/C17H17ClN2O2S/c1-22-16-7-5-13(6-8-16)11-23-12-17(21)20-19-10-14-3-2-4-15(18)9-14/h2-10H,11-12H2,1H3,(H,20,21)/b19-10-. The van der Waals surface area contributed by atoms with Crippen molar-refractivity contribution < 1.29 is 9.53 Å². The number of amides is 1. The average molecular weight is 349 g/mol. The van der Waals surface area contributed by atoms with E-state index in [1.165, 1.54) is 11.8 Å². The quantitative estimate of drug-likeness (QED) is 0.612. The molecule has 0 atom stereocenters. The lowest BCUT2D eigenvalue weighted by atomic mass is 10.2. The van der Waals surface area contributed by atoms with Crippen LogP contribution in [0.2, 0.25) is 5.02 Å². The van der Waals surface area contributed by atoms with E-state index in [0.29, 0.717) is 10.8 Å². The Morgan fingerprint density at radius 2 is 2.09 bits per heavy atom. The van der Waals surface area contributed by atoms with Crippen LogP contribution in [0.15, 0.2) is 53.6 Å². The number of methoxy groups -OCH3 is 1. The van der Waals surface area contributed by atoms with E-state index in [0.717, 1.165) is 22.6 Å². The topological polar surface area (TPSA) is 50.7 Å². The fraction of sp³-hybridized carbons (Fsp3) is 0.176. The van der Waals surface area contributed by atoms with Gasteiger partial charge in [-0.2, -0.15) is 5.10 Å². The minimum absolute atomic E-state index is 0.137. The number of hydrogen-bond acceptors (Lipinski definition) is 4. The third-order valence-corrected chi connectivity index (χ3v) is 4.15.